The van der Waals surface area contributed by atoms with E-state index in [4.69, 9.17) is 27.6 Å². The number of nitrogens with zero attached hydrogens (tertiary/aromatic N) is 1. The fourth-order valence-corrected chi connectivity index (χ4v) is 2.55. The third kappa shape index (κ3) is 5.62. The van der Waals surface area contributed by atoms with E-state index >= 15 is 0 Å². The minimum Gasteiger partial charge on any atom is -0.467 e. The van der Waals surface area contributed by atoms with Gasteiger partial charge < -0.3 is 14.6 Å². The highest BCUT2D eigenvalue weighted by Gasteiger charge is 2.13. The van der Waals surface area contributed by atoms with Crippen molar-refractivity contribution in [1.82, 2.24) is 4.90 Å². The summed E-state index contributed by atoms with van der Waals surface area (Å²) >= 11 is 11.8. The maximum atomic E-state index is 12.0. The molecule has 2 rings (SSSR count). The predicted molar refractivity (Wildman–Crippen MR) is 89.5 cm³/mol. The number of carbonyl (C=O) groups excluding carboxylic acids is 2. The minimum atomic E-state index is -0.228. The van der Waals surface area contributed by atoms with Crippen LogP contribution in [0.1, 0.15) is 19.1 Å². The predicted octanol–water partition coefficient (Wildman–Crippen LogP) is 3.96. The molecule has 23 heavy (non-hydrogen) atoms. The Labute approximate surface area is 144 Å². The van der Waals surface area contributed by atoms with Crippen molar-refractivity contribution in [3.63, 3.8) is 0 Å². The summed E-state index contributed by atoms with van der Waals surface area (Å²) in [5.41, 5.74) is 0.521. The van der Waals surface area contributed by atoms with Crippen molar-refractivity contribution in [3.8, 4) is 0 Å². The SMILES string of the molecule is CC(=O)N(CCC(=O)Nc1cc(Cl)cc(Cl)c1)Cc1ccco1. The number of benzene rings is 1. The van der Waals surface area contributed by atoms with Gasteiger partial charge in [0.2, 0.25) is 11.8 Å². The second kappa shape index (κ2) is 8.04. The summed E-state index contributed by atoms with van der Waals surface area (Å²) in [6.07, 6.45) is 1.70. The molecule has 0 fully saturated rings. The molecular weight excluding hydrogens is 339 g/mol. The molecule has 7 heteroatoms. The highest BCUT2D eigenvalue weighted by molar-refractivity contribution is 6.35. The van der Waals surface area contributed by atoms with Crippen LogP contribution in [0.25, 0.3) is 0 Å². The molecular formula is C16H16Cl2N2O3. The number of nitrogens with one attached hydrogen (secondary N) is 1. The average molecular weight is 355 g/mol. The van der Waals surface area contributed by atoms with Crippen LogP contribution in [-0.4, -0.2) is 23.3 Å². The molecule has 0 aliphatic heterocycles. The van der Waals surface area contributed by atoms with Crippen LogP contribution < -0.4 is 5.32 Å². The van der Waals surface area contributed by atoms with Crippen LogP contribution >= 0.6 is 23.2 Å². The number of furan rings is 1. The summed E-state index contributed by atoms with van der Waals surface area (Å²) in [5.74, 6) is 0.316. The van der Waals surface area contributed by atoms with E-state index in [0.29, 0.717) is 28.0 Å². The second-order valence-corrected chi connectivity index (χ2v) is 5.85. The van der Waals surface area contributed by atoms with Crippen molar-refractivity contribution in [2.75, 3.05) is 11.9 Å². The Balaban J connectivity index is 1.89. The number of halogens is 2. The van der Waals surface area contributed by atoms with E-state index in [9.17, 15) is 9.59 Å². The van der Waals surface area contributed by atoms with Crippen LogP contribution in [-0.2, 0) is 16.1 Å². The average Bonchev–Trinajstić information content (AvgIpc) is 2.94. The summed E-state index contributed by atoms with van der Waals surface area (Å²) in [6, 6.07) is 8.33. The maximum absolute atomic E-state index is 12.0. The molecule has 0 aliphatic rings. The molecule has 1 aromatic heterocycles. The van der Waals surface area contributed by atoms with Gasteiger partial charge in [-0.15, -0.1) is 0 Å². The fourth-order valence-electron chi connectivity index (χ4n) is 2.02. The number of rotatable bonds is 6. The van der Waals surface area contributed by atoms with Gasteiger partial charge in [-0.25, -0.2) is 0 Å². The summed E-state index contributed by atoms with van der Waals surface area (Å²) in [7, 11) is 0. The van der Waals surface area contributed by atoms with Gasteiger partial charge in [-0.05, 0) is 30.3 Å². The lowest BCUT2D eigenvalue weighted by Gasteiger charge is -2.19. The van der Waals surface area contributed by atoms with Gasteiger partial charge in [0.1, 0.15) is 5.76 Å². The van der Waals surface area contributed by atoms with Gasteiger partial charge in [-0.1, -0.05) is 23.2 Å². The Bertz CT molecular complexity index is 666. The van der Waals surface area contributed by atoms with Gasteiger partial charge in [-0.3, -0.25) is 9.59 Å². The molecule has 1 aromatic carbocycles. The first-order valence-corrected chi connectivity index (χ1v) is 7.73. The lowest BCUT2D eigenvalue weighted by atomic mass is 10.3. The Hall–Kier alpha value is -1.98. The molecule has 1 heterocycles. The lowest BCUT2D eigenvalue weighted by Crippen LogP contribution is -2.31. The lowest BCUT2D eigenvalue weighted by molar-refractivity contribution is -0.130. The Morgan fingerprint density at radius 1 is 1.22 bits per heavy atom. The van der Waals surface area contributed by atoms with Gasteiger partial charge in [0.25, 0.3) is 0 Å². The van der Waals surface area contributed by atoms with Crippen LogP contribution in [0.15, 0.2) is 41.0 Å². The number of carbonyl (C=O) groups is 2. The van der Waals surface area contributed by atoms with Crippen LogP contribution in [0.3, 0.4) is 0 Å². The summed E-state index contributed by atoms with van der Waals surface area (Å²) in [6.45, 7) is 2.08. The summed E-state index contributed by atoms with van der Waals surface area (Å²) in [5, 5.41) is 3.59. The van der Waals surface area contributed by atoms with Gasteiger partial charge >= 0.3 is 0 Å². The van der Waals surface area contributed by atoms with E-state index in [0.717, 1.165) is 0 Å². The van der Waals surface area contributed by atoms with Crippen LogP contribution in [0.2, 0.25) is 10.0 Å². The molecule has 0 saturated carbocycles. The fraction of sp³-hybridized carbons (Fsp3) is 0.250. The molecule has 2 aromatic rings. The van der Waals surface area contributed by atoms with Crippen molar-refractivity contribution in [3.05, 3.63) is 52.4 Å². The van der Waals surface area contributed by atoms with Crippen molar-refractivity contribution < 1.29 is 14.0 Å². The van der Waals surface area contributed by atoms with Crippen molar-refractivity contribution in [1.29, 1.82) is 0 Å². The molecule has 0 atom stereocenters. The first-order chi connectivity index (χ1) is 10.9. The van der Waals surface area contributed by atoms with Crippen molar-refractivity contribution >= 4 is 40.7 Å². The number of amides is 2. The van der Waals surface area contributed by atoms with Crippen molar-refractivity contribution in [2.45, 2.75) is 19.9 Å². The van der Waals surface area contributed by atoms with Gasteiger partial charge in [0.15, 0.2) is 0 Å². The third-order valence-corrected chi connectivity index (χ3v) is 3.56. The summed E-state index contributed by atoms with van der Waals surface area (Å²) < 4.78 is 5.22. The largest absolute Gasteiger partial charge is 0.467 e. The van der Waals surface area contributed by atoms with Crippen LogP contribution in [0, 0.1) is 0 Å². The molecule has 0 spiro atoms. The molecule has 122 valence electrons. The molecule has 0 unspecified atom stereocenters. The standard InChI is InChI=1S/C16H16Cl2N2O3/c1-11(21)20(10-15-3-2-6-23-15)5-4-16(22)19-14-8-12(17)7-13(18)9-14/h2-3,6-9H,4-5,10H2,1H3,(H,19,22). The number of anilines is 1. The first-order valence-electron chi connectivity index (χ1n) is 6.98. The maximum Gasteiger partial charge on any atom is 0.226 e. The second-order valence-electron chi connectivity index (χ2n) is 4.98. The van der Waals surface area contributed by atoms with E-state index in [1.54, 1.807) is 41.5 Å². The quantitative estimate of drug-likeness (QED) is 0.853. The molecule has 0 saturated heterocycles. The topological polar surface area (TPSA) is 62.6 Å². The normalized spacial score (nSPS) is 10.4. The Morgan fingerprint density at radius 2 is 1.91 bits per heavy atom. The van der Waals surface area contributed by atoms with Crippen molar-refractivity contribution in [2.24, 2.45) is 0 Å². The number of hydrogen-bond donors (Lipinski definition) is 1. The molecule has 0 radical (unpaired) electrons. The molecule has 1 N–H and O–H groups in total. The van der Waals surface area contributed by atoms with E-state index in [1.807, 2.05) is 0 Å². The van der Waals surface area contributed by atoms with E-state index in [-0.39, 0.29) is 24.8 Å². The van der Waals surface area contributed by atoms with E-state index in [2.05, 4.69) is 5.32 Å². The highest BCUT2D eigenvalue weighted by Crippen LogP contribution is 2.22. The third-order valence-electron chi connectivity index (χ3n) is 3.13. The monoisotopic (exact) mass is 354 g/mol. The van der Waals surface area contributed by atoms with Crippen LogP contribution in [0.5, 0.6) is 0 Å². The minimum absolute atomic E-state index is 0.125. The van der Waals surface area contributed by atoms with Gasteiger partial charge in [0.05, 0.1) is 12.8 Å². The molecule has 0 bridgehead atoms. The molecule has 2 amide bonds. The number of hydrogen-bond acceptors (Lipinski definition) is 3. The van der Waals surface area contributed by atoms with E-state index in [1.165, 1.54) is 6.92 Å². The zero-order valence-electron chi connectivity index (χ0n) is 12.5. The van der Waals surface area contributed by atoms with Gasteiger partial charge in [-0.2, -0.15) is 0 Å². The Morgan fingerprint density at radius 3 is 2.48 bits per heavy atom. The molecule has 5 nitrogen and oxygen atoms in total. The van der Waals surface area contributed by atoms with E-state index < -0.39 is 0 Å². The highest BCUT2D eigenvalue weighted by atomic mass is 35.5. The Kier molecular flexibility index (Phi) is 6.07. The van der Waals surface area contributed by atoms with Crippen LogP contribution in [0.4, 0.5) is 5.69 Å². The smallest absolute Gasteiger partial charge is 0.226 e. The molecule has 0 aliphatic carbocycles. The summed E-state index contributed by atoms with van der Waals surface area (Å²) in [4.78, 5) is 25.2. The zero-order chi connectivity index (χ0) is 16.8. The zero-order valence-corrected chi connectivity index (χ0v) is 14.0. The van der Waals surface area contributed by atoms with Gasteiger partial charge in [0, 0.05) is 35.6 Å². The first kappa shape index (κ1) is 17.4.